The van der Waals surface area contributed by atoms with E-state index in [1.54, 1.807) is 7.11 Å². The maximum absolute atomic E-state index is 12.8. The molecule has 1 aromatic rings. The minimum absolute atomic E-state index is 0.0518. The highest BCUT2D eigenvalue weighted by atomic mass is 16.5. The van der Waals surface area contributed by atoms with E-state index in [-0.39, 0.29) is 28.9 Å². The molecular formula is C31H47NO4. The zero-order chi connectivity index (χ0) is 25.7. The summed E-state index contributed by atoms with van der Waals surface area (Å²) in [5.41, 5.74) is 1.25. The van der Waals surface area contributed by atoms with Crippen LogP contribution in [0.2, 0.25) is 0 Å². The monoisotopic (exact) mass is 497 g/mol. The zero-order valence-corrected chi connectivity index (χ0v) is 22.7. The Hall–Kier alpha value is -1.59. The van der Waals surface area contributed by atoms with E-state index in [2.05, 4.69) is 26.1 Å². The van der Waals surface area contributed by atoms with E-state index in [0.717, 1.165) is 37.8 Å². The van der Waals surface area contributed by atoms with E-state index >= 15 is 0 Å². The molecular weight excluding hydrogens is 450 g/mol. The van der Waals surface area contributed by atoms with Crippen LogP contribution in [0.4, 0.5) is 5.69 Å². The van der Waals surface area contributed by atoms with Gasteiger partial charge in [0, 0.05) is 6.42 Å². The van der Waals surface area contributed by atoms with Crippen LogP contribution in [-0.4, -0.2) is 35.4 Å². The number of aliphatic hydroxyl groups excluding tert-OH is 2. The molecule has 0 saturated heterocycles. The Morgan fingerprint density at radius 2 is 1.78 bits per heavy atom. The first-order valence-electron chi connectivity index (χ1n) is 14.5. The van der Waals surface area contributed by atoms with E-state index < -0.39 is 0 Å². The summed E-state index contributed by atoms with van der Waals surface area (Å²) in [6, 6.07) is 7.57. The molecule has 1 aromatic carbocycles. The number of methoxy groups -OCH3 is 1. The number of aliphatic hydroxyl groups is 2. The van der Waals surface area contributed by atoms with Crippen molar-refractivity contribution in [2.45, 2.75) is 97.2 Å². The molecule has 10 atom stereocenters. The van der Waals surface area contributed by atoms with Crippen LogP contribution in [0.15, 0.2) is 24.3 Å². The van der Waals surface area contributed by atoms with Crippen molar-refractivity contribution in [1.82, 2.24) is 0 Å². The van der Waals surface area contributed by atoms with Gasteiger partial charge in [-0.05, 0) is 116 Å². The van der Waals surface area contributed by atoms with Crippen LogP contribution in [0, 0.1) is 46.3 Å². The SMILES string of the molecule is COc1ccccc1NC(=O)CC[C@@H](C)[C@H]1CC[C@H]2[C@@H]3[C@@H](O)C[C@@H]4C[C@H](O)CC[C@]4(C)[C@H]3CC[C@]12C. The number of rotatable bonds is 6. The fraction of sp³-hybridized carbons (Fsp3) is 0.774. The van der Waals surface area contributed by atoms with Crippen molar-refractivity contribution in [3.8, 4) is 5.75 Å². The van der Waals surface area contributed by atoms with Gasteiger partial charge in [0.05, 0.1) is 25.0 Å². The van der Waals surface area contributed by atoms with E-state index in [9.17, 15) is 15.0 Å². The largest absolute Gasteiger partial charge is 0.495 e. The molecule has 0 aliphatic heterocycles. The second-order valence-electron chi connectivity index (χ2n) is 13.2. The second kappa shape index (κ2) is 9.94. The molecule has 200 valence electrons. The fourth-order valence-corrected chi connectivity index (χ4v) is 9.70. The summed E-state index contributed by atoms with van der Waals surface area (Å²) in [5.74, 6) is 3.84. The van der Waals surface area contributed by atoms with Crippen molar-refractivity contribution in [3.05, 3.63) is 24.3 Å². The third-order valence-corrected chi connectivity index (χ3v) is 11.6. The van der Waals surface area contributed by atoms with Crippen LogP contribution < -0.4 is 10.1 Å². The Kier molecular flexibility index (Phi) is 7.19. The van der Waals surface area contributed by atoms with Gasteiger partial charge >= 0.3 is 0 Å². The molecule has 4 aliphatic carbocycles. The van der Waals surface area contributed by atoms with Crippen molar-refractivity contribution in [2.24, 2.45) is 46.3 Å². The highest BCUT2D eigenvalue weighted by molar-refractivity contribution is 5.92. The second-order valence-corrected chi connectivity index (χ2v) is 13.2. The molecule has 0 spiro atoms. The van der Waals surface area contributed by atoms with Crippen molar-refractivity contribution < 1.29 is 19.7 Å². The topological polar surface area (TPSA) is 78.8 Å². The molecule has 4 fully saturated rings. The zero-order valence-electron chi connectivity index (χ0n) is 22.7. The van der Waals surface area contributed by atoms with Crippen molar-refractivity contribution >= 4 is 11.6 Å². The molecule has 0 unspecified atom stereocenters. The maximum Gasteiger partial charge on any atom is 0.224 e. The van der Waals surface area contributed by atoms with Crippen LogP contribution >= 0.6 is 0 Å². The maximum atomic E-state index is 12.8. The lowest BCUT2D eigenvalue weighted by Gasteiger charge is -2.62. The lowest BCUT2D eigenvalue weighted by molar-refractivity contribution is -0.174. The van der Waals surface area contributed by atoms with Crippen LogP contribution in [-0.2, 0) is 4.79 Å². The Morgan fingerprint density at radius 3 is 2.56 bits per heavy atom. The molecule has 0 radical (unpaired) electrons. The third kappa shape index (κ3) is 4.38. The normalized spacial score (nSPS) is 42.6. The number of benzene rings is 1. The average Bonchev–Trinajstić information content (AvgIpc) is 3.21. The quantitative estimate of drug-likeness (QED) is 0.448. The predicted molar refractivity (Wildman–Crippen MR) is 143 cm³/mol. The van der Waals surface area contributed by atoms with Gasteiger partial charge in [0.25, 0.3) is 0 Å². The number of hydrogen-bond acceptors (Lipinski definition) is 4. The van der Waals surface area contributed by atoms with Crippen LogP contribution in [0.5, 0.6) is 5.75 Å². The molecule has 0 aromatic heterocycles. The van der Waals surface area contributed by atoms with Gasteiger partial charge in [0.15, 0.2) is 0 Å². The van der Waals surface area contributed by atoms with Gasteiger partial charge in [0.1, 0.15) is 5.75 Å². The summed E-state index contributed by atoms with van der Waals surface area (Å²) in [6.45, 7) is 7.33. The molecule has 0 heterocycles. The third-order valence-electron chi connectivity index (χ3n) is 11.6. The summed E-state index contributed by atoms with van der Waals surface area (Å²) in [6.07, 6.45) is 9.62. The number of nitrogens with one attached hydrogen (secondary N) is 1. The number of para-hydroxylation sites is 2. The van der Waals surface area contributed by atoms with Gasteiger partial charge in [-0.25, -0.2) is 0 Å². The van der Waals surface area contributed by atoms with E-state index in [4.69, 9.17) is 4.74 Å². The number of anilines is 1. The van der Waals surface area contributed by atoms with Crippen molar-refractivity contribution in [1.29, 1.82) is 0 Å². The summed E-state index contributed by atoms with van der Waals surface area (Å²) in [5, 5.41) is 24.8. The van der Waals surface area contributed by atoms with E-state index in [0.29, 0.717) is 47.7 Å². The molecule has 4 aliphatic rings. The molecule has 36 heavy (non-hydrogen) atoms. The molecule has 5 nitrogen and oxygen atoms in total. The van der Waals surface area contributed by atoms with Crippen LogP contribution in [0.3, 0.4) is 0 Å². The molecule has 0 bridgehead atoms. The standard InChI is InChI=1S/C31H47NO4/c1-19(9-12-28(35)32-25-7-5-6-8-27(25)36-4)22-10-11-23-29-24(14-16-31(22,23)3)30(2)15-13-21(33)17-20(30)18-26(29)34/h5-8,19-24,26,29,33-34H,9-18H2,1-4H3,(H,32,35)/t19-,20+,21-,22-,23+,24+,26+,29+,30+,31-/m1/s1. The lowest BCUT2D eigenvalue weighted by Crippen LogP contribution is -2.58. The number of ether oxygens (including phenoxy) is 1. The molecule has 1 amide bonds. The van der Waals surface area contributed by atoms with E-state index in [1.807, 2.05) is 24.3 Å². The summed E-state index contributed by atoms with van der Waals surface area (Å²) in [4.78, 5) is 12.8. The summed E-state index contributed by atoms with van der Waals surface area (Å²) in [7, 11) is 1.63. The number of fused-ring (bicyclic) bond motifs is 5. The van der Waals surface area contributed by atoms with Crippen LogP contribution in [0.25, 0.3) is 0 Å². The number of carbonyl (C=O) groups is 1. The molecule has 5 heteroatoms. The Morgan fingerprint density at radius 1 is 1.06 bits per heavy atom. The number of amides is 1. The first-order valence-corrected chi connectivity index (χ1v) is 14.5. The summed E-state index contributed by atoms with van der Waals surface area (Å²) < 4.78 is 5.38. The van der Waals surface area contributed by atoms with Crippen molar-refractivity contribution in [2.75, 3.05) is 12.4 Å². The van der Waals surface area contributed by atoms with Crippen molar-refractivity contribution in [3.63, 3.8) is 0 Å². The molecule has 5 rings (SSSR count). The smallest absolute Gasteiger partial charge is 0.224 e. The number of hydrogen-bond donors (Lipinski definition) is 3. The van der Waals surface area contributed by atoms with Gasteiger partial charge in [-0.1, -0.05) is 32.9 Å². The van der Waals surface area contributed by atoms with Gasteiger partial charge in [0.2, 0.25) is 5.91 Å². The predicted octanol–water partition coefficient (Wildman–Crippen LogP) is 6.04. The van der Waals surface area contributed by atoms with Gasteiger partial charge in [-0.2, -0.15) is 0 Å². The summed E-state index contributed by atoms with van der Waals surface area (Å²) >= 11 is 0. The number of carbonyl (C=O) groups excluding carboxylic acids is 1. The van der Waals surface area contributed by atoms with Gasteiger partial charge < -0.3 is 20.3 Å². The Labute approximate surface area is 217 Å². The highest BCUT2D eigenvalue weighted by Gasteiger charge is 2.62. The lowest BCUT2D eigenvalue weighted by atomic mass is 9.43. The molecule has 4 saturated carbocycles. The van der Waals surface area contributed by atoms with Gasteiger partial charge in [-0.3, -0.25) is 4.79 Å². The minimum Gasteiger partial charge on any atom is -0.495 e. The first kappa shape index (κ1) is 26.0. The Bertz CT molecular complexity index is 950. The minimum atomic E-state index is -0.233. The first-order chi connectivity index (χ1) is 17.2. The average molecular weight is 498 g/mol. The fourth-order valence-electron chi connectivity index (χ4n) is 9.70. The van der Waals surface area contributed by atoms with E-state index in [1.165, 1.54) is 25.7 Å². The Balaban J connectivity index is 1.24. The molecule has 3 N–H and O–H groups in total. The van der Waals surface area contributed by atoms with Gasteiger partial charge in [-0.15, -0.1) is 0 Å². The highest BCUT2D eigenvalue weighted by Crippen LogP contribution is 2.68. The van der Waals surface area contributed by atoms with Crippen LogP contribution in [0.1, 0.15) is 85.0 Å².